The Labute approximate surface area is 136 Å². The summed E-state index contributed by atoms with van der Waals surface area (Å²) in [6, 6.07) is -0.916. The molecular formula is C16H25NO6. The Hall–Kier alpha value is -2.31. The first-order valence-electron chi connectivity index (χ1n) is 7.10. The molecule has 130 valence electrons. The Morgan fingerprint density at radius 2 is 1.87 bits per heavy atom. The number of hydrogen-bond donors (Lipinski definition) is 1. The molecule has 0 rings (SSSR count). The lowest BCUT2D eigenvalue weighted by Gasteiger charge is -2.22. The van der Waals surface area contributed by atoms with Crippen molar-refractivity contribution in [1.29, 1.82) is 0 Å². The van der Waals surface area contributed by atoms with E-state index < -0.39 is 23.7 Å². The quantitative estimate of drug-likeness (QED) is 0.437. The van der Waals surface area contributed by atoms with Crippen LogP contribution in [-0.2, 0) is 23.8 Å². The molecule has 23 heavy (non-hydrogen) atoms. The predicted molar refractivity (Wildman–Crippen MR) is 84.7 cm³/mol. The molecule has 0 radical (unpaired) electrons. The SMILES string of the molecule is C=C(/C=C/COC(C)=O)CC(NC(=O)OC(C)(C)C)C(=O)OC. The highest BCUT2D eigenvalue weighted by Gasteiger charge is 2.25. The van der Waals surface area contributed by atoms with Crippen molar-refractivity contribution in [2.75, 3.05) is 13.7 Å². The Bertz CT molecular complexity index is 475. The van der Waals surface area contributed by atoms with Gasteiger partial charge >= 0.3 is 18.0 Å². The largest absolute Gasteiger partial charge is 0.467 e. The Morgan fingerprint density at radius 1 is 1.26 bits per heavy atom. The second-order valence-corrected chi connectivity index (χ2v) is 5.79. The van der Waals surface area contributed by atoms with Crippen LogP contribution in [0.3, 0.4) is 0 Å². The van der Waals surface area contributed by atoms with Gasteiger partial charge in [0.25, 0.3) is 0 Å². The minimum atomic E-state index is -0.916. The average molecular weight is 327 g/mol. The molecule has 0 aromatic carbocycles. The zero-order valence-corrected chi connectivity index (χ0v) is 14.3. The molecule has 0 aromatic heterocycles. The molecule has 0 spiro atoms. The van der Waals surface area contributed by atoms with Gasteiger partial charge in [-0.1, -0.05) is 18.2 Å². The molecule has 1 atom stereocenters. The summed E-state index contributed by atoms with van der Waals surface area (Å²) < 4.78 is 14.5. The number of esters is 2. The van der Waals surface area contributed by atoms with Gasteiger partial charge in [-0.15, -0.1) is 0 Å². The number of rotatable bonds is 7. The molecule has 1 unspecified atom stereocenters. The fourth-order valence-electron chi connectivity index (χ4n) is 1.50. The maximum atomic E-state index is 11.8. The third-order valence-corrected chi connectivity index (χ3v) is 2.38. The number of alkyl carbamates (subject to hydrolysis) is 1. The van der Waals surface area contributed by atoms with E-state index in [4.69, 9.17) is 9.47 Å². The standard InChI is InChI=1S/C16H25NO6/c1-11(8-7-9-22-12(2)18)10-13(14(19)21-6)17-15(20)23-16(3,4)5/h7-8,13H,1,9-10H2,2-6H3,(H,17,20)/b8-7+. The normalized spacial score (nSPS) is 12.4. The van der Waals surface area contributed by atoms with Gasteiger partial charge in [-0.2, -0.15) is 0 Å². The summed E-state index contributed by atoms with van der Waals surface area (Å²) in [5.74, 6) is -0.996. The van der Waals surface area contributed by atoms with E-state index in [2.05, 4.69) is 16.6 Å². The van der Waals surface area contributed by atoms with Crippen LogP contribution < -0.4 is 5.32 Å². The van der Waals surface area contributed by atoms with E-state index in [0.29, 0.717) is 5.57 Å². The molecule has 7 heteroatoms. The zero-order chi connectivity index (χ0) is 18.0. The van der Waals surface area contributed by atoms with Crippen molar-refractivity contribution in [2.24, 2.45) is 0 Å². The number of carbonyl (C=O) groups is 3. The van der Waals surface area contributed by atoms with Gasteiger partial charge in [0.15, 0.2) is 0 Å². The van der Waals surface area contributed by atoms with Crippen LogP contribution in [0.2, 0.25) is 0 Å². The maximum absolute atomic E-state index is 11.8. The molecule has 1 N–H and O–H groups in total. The predicted octanol–water partition coefficient (Wildman–Crippen LogP) is 2.12. The van der Waals surface area contributed by atoms with Crippen molar-refractivity contribution in [3.05, 3.63) is 24.3 Å². The minimum Gasteiger partial charge on any atom is -0.467 e. The smallest absolute Gasteiger partial charge is 0.408 e. The zero-order valence-electron chi connectivity index (χ0n) is 14.3. The number of nitrogens with one attached hydrogen (secondary N) is 1. The van der Waals surface area contributed by atoms with E-state index in [9.17, 15) is 14.4 Å². The lowest BCUT2D eigenvalue weighted by molar-refractivity contribution is -0.143. The molecule has 7 nitrogen and oxygen atoms in total. The number of carbonyl (C=O) groups excluding carboxylic acids is 3. The van der Waals surface area contributed by atoms with Gasteiger partial charge in [0.2, 0.25) is 0 Å². The topological polar surface area (TPSA) is 90.9 Å². The molecule has 0 saturated heterocycles. The van der Waals surface area contributed by atoms with Gasteiger partial charge in [0, 0.05) is 13.3 Å². The highest BCUT2D eigenvalue weighted by Crippen LogP contribution is 2.10. The lowest BCUT2D eigenvalue weighted by Crippen LogP contribution is -2.44. The first-order valence-corrected chi connectivity index (χ1v) is 7.10. The van der Waals surface area contributed by atoms with Gasteiger partial charge in [-0.3, -0.25) is 4.79 Å². The molecular weight excluding hydrogens is 302 g/mol. The van der Waals surface area contributed by atoms with Crippen LogP contribution in [0, 0.1) is 0 Å². The number of allylic oxidation sites excluding steroid dienone is 1. The molecule has 0 saturated carbocycles. The number of hydrogen-bond acceptors (Lipinski definition) is 6. The lowest BCUT2D eigenvalue weighted by atomic mass is 10.1. The average Bonchev–Trinajstić information content (AvgIpc) is 2.39. The van der Waals surface area contributed by atoms with Crippen molar-refractivity contribution in [3.63, 3.8) is 0 Å². The summed E-state index contributed by atoms with van der Waals surface area (Å²) in [7, 11) is 1.23. The van der Waals surface area contributed by atoms with Gasteiger partial charge < -0.3 is 19.5 Å². The van der Waals surface area contributed by atoms with Crippen LogP contribution >= 0.6 is 0 Å². The van der Waals surface area contributed by atoms with Crippen LogP contribution in [0.1, 0.15) is 34.1 Å². The summed E-state index contributed by atoms with van der Waals surface area (Å²) in [5, 5.41) is 2.45. The van der Waals surface area contributed by atoms with Crippen molar-refractivity contribution in [2.45, 2.75) is 45.8 Å². The summed E-state index contributed by atoms with van der Waals surface area (Å²) >= 11 is 0. The molecule has 0 aromatic rings. The molecule has 0 aliphatic rings. The van der Waals surface area contributed by atoms with Gasteiger partial charge in [0.1, 0.15) is 18.2 Å². The monoisotopic (exact) mass is 327 g/mol. The summed E-state index contributed by atoms with van der Waals surface area (Å²) in [5.41, 5.74) is -0.116. The van der Waals surface area contributed by atoms with Gasteiger partial charge in [-0.25, -0.2) is 9.59 Å². The fraction of sp³-hybridized carbons (Fsp3) is 0.562. The van der Waals surface area contributed by atoms with E-state index in [1.165, 1.54) is 14.0 Å². The maximum Gasteiger partial charge on any atom is 0.408 e. The third-order valence-electron chi connectivity index (χ3n) is 2.38. The first-order chi connectivity index (χ1) is 10.5. The van der Waals surface area contributed by atoms with Crippen LogP contribution in [0.15, 0.2) is 24.3 Å². The van der Waals surface area contributed by atoms with E-state index in [1.54, 1.807) is 32.9 Å². The van der Waals surface area contributed by atoms with E-state index >= 15 is 0 Å². The van der Waals surface area contributed by atoms with Crippen molar-refractivity contribution < 1.29 is 28.6 Å². The number of ether oxygens (including phenoxy) is 3. The van der Waals surface area contributed by atoms with Crippen molar-refractivity contribution in [1.82, 2.24) is 5.32 Å². The molecule has 1 amide bonds. The first kappa shape index (κ1) is 20.7. The number of amides is 1. The van der Waals surface area contributed by atoms with Crippen LogP contribution in [0.25, 0.3) is 0 Å². The van der Waals surface area contributed by atoms with Crippen LogP contribution in [0.5, 0.6) is 0 Å². The highest BCUT2D eigenvalue weighted by molar-refractivity contribution is 5.81. The van der Waals surface area contributed by atoms with Crippen LogP contribution in [0.4, 0.5) is 4.79 Å². The summed E-state index contributed by atoms with van der Waals surface area (Å²) in [6.07, 6.45) is 2.62. The van der Waals surface area contributed by atoms with Crippen molar-refractivity contribution >= 4 is 18.0 Å². The third kappa shape index (κ3) is 11.0. The van der Waals surface area contributed by atoms with E-state index in [0.717, 1.165) is 0 Å². The molecule has 0 aliphatic heterocycles. The Morgan fingerprint density at radius 3 is 2.35 bits per heavy atom. The minimum absolute atomic E-state index is 0.108. The van der Waals surface area contributed by atoms with E-state index in [-0.39, 0.29) is 19.0 Å². The van der Waals surface area contributed by atoms with Crippen LogP contribution in [-0.4, -0.2) is 43.4 Å². The molecule has 0 heterocycles. The van der Waals surface area contributed by atoms with Crippen molar-refractivity contribution in [3.8, 4) is 0 Å². The molecule has 0 fully saturated rings. The summed E-state index contributed by atoms with van der Waals surface area (Å²) in [4.78, 5) is 34.1. The van der Waals surface area contributed by atoms with E-state index in [1.807, 2.05) is 0 Å². The second-order valence-electron chi connectivity index (χ2n) is 5.79. The molecule has 0 bridgehead atoms. The number of methoxy groups -OCH3 is 1. The highest BCUT2D eigenvalue weighted by atomic mass is 16.6. The fourth-order valence-corrected chi connectivity index (χ4v) is 1.50. The summed E-state index contributed by atoms with van der Waals surface area (Å²) in [6.45, 7) is 10.4. The Kier molecular flexibility index (Phi) is 8.69. The van der Waals surface area contributed by atoms with Gasteiger partial charge in [0.05, 0.1) is 7.11 Å². The van der Waals surface area contributed by atoms with Gasteiger partial charge in [-0.05, 0) is 26.8 Å². The Balaban J connectivity index is 4.62. The second kappa shape index (κ2) is 9.66. The molecule has 0 aliphatic carbocycles.